The SMILES string of the molecule is CCC(N[C@H](CO)c1ccccc1)c1cccc(Cl)c1. The van der Waals surface area contributed by atoms with Gasteiger partial charge in [-0.15, -0.1) is 0 Å². The van der Waals surface area contributed by atoms with E-state index in [0.29, 0.717) is 0 Å². The van der Waals surface area contributed by atoms with Crippen molar-refractivity contribution in [3.05, 3.63) is 70.7 Å². The van der Waals surface area contributed by atoms with Crippen LogP contribution in [0.2, 0.25) is 5.02 Å². The van der Waals surface area contributed by atoms with E-state index in [4.69, 9.17) is 11.6 Å². The van der Waals surface area contributed by atoms with E-state index in [0.717, 1.165) is 22.6 Å². The summed E-state index contributed by atoms with van der Waals surface area (Å²) in [6.07, 6.45) is 0.934. The second-order valence-corrected chi connectivity index (χ2v) is 5.26. The van der Waals surface area contributed by atoms with Gasteiger partial charge in [0.25, 0.3) is 0 Å². The minimum Gasteiger partial charge on any atom is -0.394 e. The molecule has 2 atom stereocenters. The van der Waals surface area contributed by atoms with Crippen LogP contribution in [0.5, 0.6) is 0 Å². The molecule has 0 aromatic heterocycles. The molecule has 2 aromatic rings. The van der Waals surface area contributed by atoms with Crippen molar-refractivity contribution in [2.24, 2.45) is 0 Å². The molecule has 2 N–H and O–H groups in total. The number of aliphatic hydroxyl groups is 1. The quantitative estimate of drug-likeness (QED) is 0.838. The maximum atomic E-state index is 9.64. The van der Waals surface area contributed by atoms with E-state index in [2.05, 4.69) is 18.3 Å². The largest absolute Gasteiger partial charge is 0.394 e. The molecule has 0 aliphatic rings. The second kappa shape index (κ2) is 7.44. The molecule has 0 radical (unpaired) electrons. The van der Waals surface area contributed by atoms with Crippen LogP contribution in [-0.2, 0) is 0 Å². The number of hydrogen-bond donors (Lipinski definition) is 2. The van der Waals surface area contributed by atoms with Gasteiger partial charge >= 0.3 is 0 Å². The smallest absolute Gasteiger partial charge is 0.0626 e. The van der Waals surface area contributed by atoms with Gasteiger partial charge in [-0.3, -0.25) is 0 Å². The Morgan fingerprint density at radius 1 is 1.00 bits per heavy atom. The Labute approximate surface area is 125 Å². The Balaban J connectivity index is 2.16. The summed E-state index contributed by atoms with van der Waals surface area (Å²) >= 11 is 6.06. The summed E-state index contributed by atoms with van der Waals surface area (Å²) in [6.45, 7) is 2.19. The topological polar surface area (TPSA) is 32.3 Å². The van der Waals surface area contributed by atoms with Crippen LogP contribution in [0, 0.1) is 0 Å². The summed E-state index contributed by atoms with van der Waals surface area (Å²) in [4.78, 5) is 0. The molecular weight excluding hydrogens is 270 g/mol. The number of rotatable bonds is 6. The molecule has 0 amide bonds. The summed E-state index contributed by atoms with van der Waals surface area (Å²) in [5.74, 6) is 0. The maximum Gasteiger partial charge on any atom is 0.0626 e. The Bertz CT molecular complexity index is 530. The number of halogens is 1. The van der Waals surface area contributed by atoms with Crippen molar-refractivity contribution < 1.29 is 5.11 Å². The van der Waals surface area contributed by atoms with Crippen LogP contribution in [0.25, 0.3) is 0 Å². The third-order valence-electron chi connectivity index (χ3n) is 3.45. The van der Waals surface area contributed by atoms with E-state index in [1.165, 1.54) is 0 Å². The van der Waals surface area contributed by atoms with Crippen LogP contribution >= 0.6 is 11.6 Å². The third-order valence-corrected chi connectivity index (χ3v) is 3.68. The van der Waals surface area contributed by atoms with E-state index >= 15 is 0 Å². The van der Waals surface area contributed by atoms with Crippen LogP contribution in [-0.4, -0.2) is 11.7 Å². The van der Waals surface area contributed by atoms with Gasteiger partial charge in [0, 0.05) is 11.1 Å². The molecule has 2 rings (SSSR count). The molecule has 2 aromatic carbocycles. The molecule has 0 saturated heterocycles. The van der Waals surface area contributed by atoms with Gasteiger partial charge in [0.2, 0.25) is 0 Å². The van der Waals surface area contributed by atoms with E-state index in [9.17, 15) is 5.11 Å². The lowest BCUT2D eigenvalue weighted by atomic mass is 10.0. The standard InChI is InChI=1S/C17H20ClNO/c1-2-16(14-9-6-10-15(18)11-14)19-17(12-20)13-7-4-3-5-8-13/h3-11,16-17,19-20H,2,12H2,1H3/t16?,17-/m1/s1. The molecule has 2 nitrogen and oxygen atoms in total. The molecule has 1 unspecified atom stereocenters. The van der Waals surface area contributed by atoms with E-state index in [1.54, 1.807) is 0 Å². The monoisotopic (exact) mass is 289 g/mol. The first-order valence-electron chi connectivity index (χ1n) is 6.92. The zero-order valence-electron chi connectivity index (χ0n) is 11.6. The molecule has 0 aliphatic carbocycles. The number of benzene rings is 2. The summed E-state index contributed by atoms with van der Waals surface area (Å²) in [7, 11) is 0. The number of hydrogen-bond acceptors (Lipinski definition) is 2. The van der Waals surface area contributed by atoms with Gasteiger partial charge in [0.1, 0.15) is 0 Å². The van der Waals surface area contributed by atoms with Crippen molar-refractivity contribution >= 4 is 11.6 Å². The number of nitrogens with one attached hydrogen (secondary N) is 1. The fourth-order valence-electron chi connectivity index (χ4n) is 2.36. The zero-order chi connectivity index (χ0) is 14.4. The normalized spacial score (nSPS) is 13.9. The minimum atomic E-state index is -0.0693. The molecule has 20 heavy (non-hydrogen) atoms. The average molecular weight is 290 g/mol. The molecule has 0 heterocycles. The van der Waals surface area contributed by atoms with Crippen molar-refractivity contribution in [3.63, 3.8) is 0 Å². The lowest BCUT2D eigenvalue weighted by molar-refractivity contribution is 0.232. The van der Waals surface area contributed by atoms with Gasteiger partial charge in [-0.05, 0) is 29.7 Å². The highest BCUT2D eigenvalue weighted by molar-refractivity contribution is 6.30. The fraction of sp³-hybridized carbons (Fsp3) is 0.294. The van der Waals surface area contributed by atoms with Crippen LogP contribution in [0.3, 0.4) is 0 Å². The summed E-state index contributed by atoms with van der Waals surface area (Å²) in [5, 5.41) is 13.9. The summed E-state index contributed by atoms with van der Waals surface area (Å²) < 4.78 is 0. The maximum absolute atomic E-state index is 9.64. The molecule has 0 fully saturated rings. The van der Waals surface area contributed by atoms with Gasteiger partial charge in [-0.2, -0.15) is 0 Å². The third kappa shape index (κ3) is 3.83. The van der Waals surface area contributed by atoms with Crippen molar-refractivity contribution in [2.45, 2.75) is 25.4 Å². The van der Waals surface area contributed by atoms with Crippen LogP contribution in [0.4, 0.5) is 0 Å². The highest BCUT2D eigenvalue weighted by Crippen LogP contribution is 2.24. The van der Waals surface area contributed by atoms with Crippen molar-refractivity contribution in [1.29, 1.82) is 0 Å². The number of aliphatic hydroxyl groups excluding tert-OH is 1. The van der Waals surface area contributed by atoms with Crippen molar-refractivity contribution in [1.82, 2.24) is 5.32 Å². The Hall–Kier alpha value is -1.35. The predicted molar refractivity (Wildman–Crippen MR) is 83.9 cm³/mol. The molecule has 0 saturated carbocycles. The second-order valence-electron chi connectivity index (χ2n) is 4.83. The van der Waals surface area contributed by atoms with Gasteiger partial charge in [0.05, 0.1) is 12.6 Å². The molecule has 0 spiro atoms. The first-order valence-corrected chi connectivity index (χ1v) is 7.29. The van der Waals surface area contributed by atoms with Gasteiger partial charge in [-0.1, -0.05) is 61.0 Å². The summed E-state index contributed by atoms with van der Waals surface area (Å²) in [5.41, 5.74) is 2.24. The van der Waals surface area contributed by atoms with Crippen molar-refractivity contribution in [2.75, 3.05) is 6.61 Å². The fourth-order valence-corrected chi connectivity index (χ4v) is 2.55. The predicted octanol–water partition coefficient (Wildman–Crippen LogP) is 4.11. The van der Waals surface area contributed by atoms with Gasteiger partial charge in [0.15, 0.2) is 0 Å². The van der Waals surface area contributed by atoms with Crippen LogP contribution < -0.4 is 5.32 Å². The minimum absolute atomic E-state index is 0.0693. The zero-order valence-corrected chi connectivity index (χ0v) is 12.3. The van der Waals surface area contributed by atoms with E-state index in [1.807, 2.05) is 48.5 Å². The molecule has 0 bridgehead atoms. The average Bonchev–Trinajstić information content (AvgIpc) is 2.49. The van der Waals surface area contributed by atoms with E-state index < -0.39 is 0 Å². The first kappa shape index (κ1) is 15.0. The van der Waals surface area contributed by atoms with Crippen LogP contribution in [0.15, 0.2) is 54.6 Å². The Kier molecular flexibility index (Phi) is 5.60. The lowest BCUT2D eigenvalue weighted by Gasteiger charge is -2.24. The summed E-state index contributed by atoms with van der Waals surface area (Å²) in [6, 6.07) is 18.0. The van der Waals surface area contributed by atoms with E-state index in [-0.39, 0.29) is 18.7 Å². The molecular formula is C17H20ClNO. The molecule has 0 aliphatic heterocycles. The van der Waals surface area contributed by atoms with Gasteiger partial charge in [-0.25, -0.2) is 0 Å². The highest BCUT2D eigenvalue weighted by Gasteiger charge is 2.16. The van der Waals surface area contributed by atoms with Crippen molar-refractivity contribution in [3.8, 4) is 0 Å². The molecule has 3 heteroatoms. The first-order chi connectivity index (χ1) is 9.74. The Morgan fingerprint density at radius 3 is 2.30 bits per heavy atom. The highest BCUT2D eigenvalue weighted by atomic mass is 35.5. The Morgan fingerprint density at radius 2 is 1.70 bits per heavy atom. The van der Waals surface area contributed by atoms with Crippen LogP contribution in [0.1, 0.15) is 36.6 Å². The lowest BCUT2D eigenvalue weighted by Crippen LogP contribution is -2.28. The van der Waals surface area contributed by atoms with Gasteiger partial charge < -0.3 is 10.4 Å². The molecule has 106 valence electrons.